The predicted octanol–water partition coefficient (Wildman–Crippen LogP) is 1.44. The minimum absolute atomic E-state index is 0.650. The lowest BCUT2D eigenvalue weighted by Gasteiger charge is -2.50. The Labute approximate surface area is 99.7 Å². The molecule has 0 aromatic carbocycles. The number of methoxy groups -OCH3 is 1. The molecular weight excluding hydrogens is 200 g/mol. The summed E-state index contributed by atoms with van der Waals surface area (Å²) < 4.78 is 5.11. The molecule has 0 aromatic rings. The molecule has 0 N–H and O–H groups in total. The molecule has 0 radical (unpaired) electrons. The molecule has 0 atom stereocenters. The van der Waals surface area contributed by atoms with E-state index in [2.05, 4.69) is 23.6 Å². The molecule has 0 bridgehead atoms. The lowest BCUT2D eigenvalue weighted by atomic mass is 9.78. The summed E-state index contributed by atoms with van der Waals surface area (Å²) in [5.74, 6) is 0. The quantitative estimate of drug-likeness (QED) is 0.660. The molecule has 2 aliphatic rings. The van der Waals surface area contributed by atoms with Gasteiger partial charge in [-0.15, -0.1) is 0 Å². The maximum atomic E-state index is 5.11. The van der Waals surface area contributed by atoms with Gasteiger partial charge in [-0.1, -0.05) is 0 Å². The highest BCUT2D eigenvalue weighted by Gasteiger charge is 2.47. The summed E-state index contributed by atoms with van der Waals surface area (Å²) in [6, 6.07) is 0.730. The third kappa shape index (κ3) is 2.58. The molecule has 2 saturated heterocycles. The first-order valence-electron chi connectivity index (χ1n) is 6.61. The third-order valence-electron chi connectivity index (χ3n) is 4.15. The van der Waals surface area contributed by atoms with Gasteiger partial charge in [-0.05, 0) is 33.2 Å². The molecule has 16 heavy (non-hydrogen) atoms. The first-order chi connectivity index (χ1) is 7.65. The van der Waals surface area contributed by atoms with E-state index in [1.165, 1.54) is 45.6 Å². The first kappa shape index (κ1) is 12.3. The van der Waals surface area contributed by atoms with E-state index in [1.54, 1.807) is 7.11 Å². The smallest absolute Gasteiger partial charge is 0.0474 e. The first-order valence-corrected chi connectivity index (χ1v) is 6.61. The van der Waals surface area contributed by atoms with Gasteiger partial charge in [-0.3, -0.25) is 4.90 Å². The van der Waals surface area contributed by atoms with Crippen molar-refractivity contribution in [3.63, 3.8) is 0 Å². The molecule has 0 amide bonds. The summed E-state index contributed by atoms with van der Waals surface area (Å²) in [5, 5.41) is 0. The highest BCUT2D eigenvalue weighted by atomic mass is 16.5. The highest BCUT2D eigenvalue weighted by molar-refractivity contribution is 5.01. The van der Waals surface area contributed by atoms with Crippen LogP contribution in [0.3, 0.4) is 0 Å². The van der Waals surface area contributed by atoms with Crippen LogP contribution >= 0.6 is 0 Å². The van der Waals surface area contributed by atoms with Crippen molar-refractivity contribution in [3.05, 3.63) is 0 Å². The van der Waals surface area contributed by atoms with Gasteiger partial charge in [0.15, 0.2) is 0 Å². The van der Waals surface area contributed by atoms with E-state index in [0.717, 1.165) is 12.6 Å². The van der Waals surface area contributed by atoms with Crippen LogP contribution in [0.5, 0.6) is 0 Å². The zero-order valence-electron chi connectivity index (χ0n) is 11.0. The van der Waals surface area contributed by atoms with Gasteiger partial charge >= 0.3 is 0 Å². The molecule has 0 unspecified atom stereocenters. The van der Waals surface area contributed by atoms with Crippen molar-refractivity contribution < 1.29 is 4.74 Å². The lowest BCUT2D eigenvalue weighted by Crippen LogP contribution is -2.59. The Morgan fingerprint density at radius 1 is 1.25 bits per heavy atom. The molecule has 0 aliphatic carbocycles. The maximum Gasteiger partial charge on any atom is 0.0474 e. The fourth-order valence-corrected chi connectivity index (χ4v) is 3.09. The highest BCUT2D eigenvalue weighted by Crippen LogP contribution is 2.40. The van der Waals surface area contributed by atoms with E-state index in [0.29, 0.717) is 5.41 Å². The Bertz CT molecular complexity index is 224. The maximum absolute atomic E-state index is 5.11. The van der Waals surface area contributed by atoms with Crippen LogP contribution in [-0.4, -0.2) is 62.3 Å². The molecule has 2 aliphatic heterocycles. The molecule has 94 valence electrons. The van der Waals surface area contributed by atoms with E-state index in [9.17, 15) is 0 Å². The van der Waals surface area contributed by atoms with Crippen molar-refractivity contribution in [3.8, 4) is 0 Å². The van der Waals surface area contributed by atoms with Crippen molar-refractivity contribution >= 4 is 0 Å². The van der Waals surface area contributed by atoms with Gasteiger partial charge in [0, 0.05) is 51.4 Å². The number of rotatable bonds is 5. The van der Waals surface area contributed by atoms with Gasteiger partial charge in [0.2, 0.25) is 0 Å². The Morgan fingerprint density at radius 2 is 2.00 bits per heavy atom. The average molecular weight is 226 g/mol. The number of hydrogen-bond donors (Lipinski definition) is 0. The Kier molecular flexibility index (Phi) is 3.88. The summed E-state index contributed by atoms with van der Waals surface area (Å²) in [7, 11) is 1.79. The summed E-state index contributed by atoms with van der Waals surface area (Å²) in [5.41, 5.74) is 0.650. The van der Waals surface area contributed by atoms with Gasteiger partial charge in [0.05, 0.1) is 0 Å². The number of ether oxygens (including phenoxy) is 1. The van der Waals surface area contributed by atoms with E-state index in [4.69, 9.17) is 4.74 Å². The van der Waals surface area contributed by atoms with Crippen molar-refractivity contribution in [2.24, 2.45) is 5.41 Å². The molecule has 0 aromatic heterocycles. The van der Waals surface area contributed by atoms with Crippen molar-refractivity contribution in [2.45, 2.75) is 32.7 Å². The Balaban J connectivity index is 1.69. The number of nitrogens with zero attached hydrogens (tertiary/aromatic N) is 2. The molecule has 3 heteroatoms. The summed E-state index contributed by atoms with van der Waals surface area (Å²) >= 11 is 0. The molecule has 1 spiro atoms. The van der Waals surface area contributed by atoms with Crippen LogP contribution in [0.2, 0.25) is 0 Å². The molecule has 0 saturated carbocycles. The Morgan fingerprint density at radius 3 is 2.62 bits per heavy atom. The monoisotopic (exact) mass is 226 g/mol. The van der Waals surface area contributed by atoms with Crippen LogP contribution in [0.4, 0.5) is 0 Å². The van der Waals surface area contributed by atoms with E-state index in [1.807, 2.05) is 0 Å². The molecule has 2 rings (SSSR count). The van der Waals surface area contributed by atoms with Gasteiger partial charge in [0.25, 0.3) is 0 Å². The fourth-order valence-electron chi connectivity index (χ4n) is 3.09. The van der Waals surface area contributed by atoms with Crippen LogP contribution in [0.15, 0.2) is 0 Å². The van der Waals surface area contributed by atoms with Crippen LogP contribution in [0.1, 0.15) is 26.7 Å². The average Bonchev–Trinajstić information content (AvgIpc) is 2.60. The van der Waals surface area contributed by atoms with E-state index >= 15 is 0 Å². The van der Waals surface area contributed by atoms with Crippen molar-refractivity contribution in [1.82, 2.24) is 9.80 Å². The number of likely N-dealkylation sites (tertiary alicyclic amines) is 2. The van der Waals surface area contributed by atoms with Gasteiger partial charge in [-0.25, -0.2) is 0 Å². The topological polar surface area (TPSA) is 15.7 Å². The van der Waals surface area contributed by atoms with E-state index in [-0.39, 0.29) is 0 Å². The largest absolute Gasteiger partial charge is 0.385 e. The molecule has 2 heterocycles. The minimum atomic E-state index is 0.650. The van der Waals surface area contributed by atoms with Gasteiger partial charge in [-0.2, -0.15) is 0 Å². The Hall–Kier alpha value is -0.120. The third-order valence-corrected chi connectivity index (χ3v) is 4.15. The lowest BCUT2D eigenvalue weighted by molar-refractivity contribution is -0.0143. The second-order valence-corrected chi connectivity index (χ2v) is 5.87. The summed E-state index contributed by atoms with van der Waals surface area (Å²) in [6.45, 7) is 12.0. The minimum Gasteiger partial charge on any atom is -0.385 e. The van der Waals surface area contributed by atoms with Gasteiger partial charge in [0.1, 0.15) is 0 Å². The normalized spacial score (nSPS) is 25.5. The zero-order valence-corrected chi connectivity index (χ0v) is 11.0. The van der Waals surface area contributed by atoms with E-state index < -0.39 is 0 Å². The second kappa shape index (κ2) is 5.03. The summed E-state index contributed by atoms with van der Waals surface area (Å²) in [4.78, 5) is 5.22. The predicted molar refractivity (Wildman–Crippen MR) is 66.7 cm³/mol. The zero-order chi connectivity index (χ0) is 11.6. The van der Waals surface area contributed by atoms with Gasteiger partial charge < -0.3 is 9.64 Å². The fraction of sp³-hybridized carbons (Fsp3) is 1.00. The second-order valence-electron chi connectivity index (χ2n) is 5.87. The SMILES string of the molecule is COCCCN1CCC2(C1)CN(C(C)C)C2. The molecule has 3 nitrogen and oxygen atoms in total. The molecular formula is C13H26N2O. The van der Waals surface area contributed by atoms with Crippen molar-refractivity contribution in [1.29, 1.82) is 0 Å². The van der Waals surface area contributed by atoms with Crippen LogP contribution in [0, 0.1) is 5.41 Å². The summed E-state index contributed by atoms with van der Waals surface area (Å²) in [6.07, 6.45) is 2.59. The standard InChI is InChI=1S/C13H26N2O/c1-12(2)15-10-13(11-15)5-7-14(9-13)6-4-8-16-3/h12H,4-11H2,1-3H3. The van der Waals surface area contributed by atoms with Crippen LogP contribution < -0.4 is 0 Å². The van der Waals surface area contributed by atoms with Crippen LogP contribution in [0.25, 0.3) is 0 Å². The van der Waals surface area contributed by atoms with Crippen LogP contribution in [-0.2, 0) is 4.74 Å². The van der Waals surface area contributed by atoms with Crippen molar-refractivity contribution in [2.75, 3.05) is 46.4 Å². The number of hydrogen-bond acceptors (Lipinski definition) is 3. The molecule has 2 fully saturated rings.